The van der Waals surface area contributed by atoms with Crippen molar-refractivity contribution < 1.29 is 18.8 Å². The van der Waals surface area contributed by atoms with E-state index in [1.54, 1.807) is 24.3 Å². The van der Waals surface area contributed by atoms with Gasteiger partial charge in [0.05, 0.1) is 12.0 Å². The Morgan fingerprint density at radius 1 is 1.38 bits per heavy atom. The molecule has 1 aromatic carbocycles. The van der Waals surface area contributed by atoms with Crippen molar-refractivity contribution in [3.8, 4) is 28.3 Å². The maximum Gasteiger partial charge on any atom is 0.268 e. The predicted molar refractivity (Wildman–Crippen MR) is 108 cm³/mol. The quantitative estimate of drug-likeness (QED) is 0.567. The van der Waals surface area contributed by atoms with E-state index >= 15 is 0 Å². The summed E-state index contributed by atoms with van der Waals surface area (Å²) in [4.78, 5) is 16.7. The third-order valence-corrected chi connectivity index (χ3v) is 4.62. The molecule has 3 aromatic rings. The van der Waals surface area contributed by atoms with Crippen LogP contribution in [0.5, 0.6) is 11.5 Å². The van der Waals surface area contributed by atoms with Gasteiger partial charge in [0.2, 0.25) is 5.82 Å². The largest absolute Gasteiger partial charge is 0.493 e. The molecule has 0 saturated carbocycles. The second-order valence-corrected chi connectivity index (χ2v) is 6.67. The summed E-state index contributed by atoms with van der Waals surface area (Å²) in [5.41, 5.74) is 0.901. The summed E-state index contributed by atoms with van der Waals surface area (Å²) in [5.74, 6) is 1.20. The van der Waals surface area contributed by atoms with E-state index in [9.17, 15) is 10.1 Å². The summed E-state index contributed by atoms with van der Waals surface area (Å²) in [6, 6.07) is 10.9. The molecule has 0 radical (unpaired) electrons. The summed E-state index contributed by atoms with van der Waals surface area (Å²) in [5, 5.41) is 18.0. The fraction of sp³-hybridized carbons (Fsp3) is 0.200. The van der Waals surface area contributed by atoms with Crippen LogP contribution in [-0.4, -0.2) is 36.3 Å². The van der Waals surface area contributed by atoms with Crippen molar-refractivity contribution in [2.75, 3.05) is 20.3 Å². The molecule has 2 aromatic heterocycles. The molecule has 0 aliphatic carbocycles. The first-order valence-corrected chi connectivity index (χ1v) is 9.59. The number of nitrogens with zero attached hydrogens (tertiary/aromatic N) is 3. The number of benzene rings is 1. The Hall–Kier alpha value is -3.64. The van der Waals surface area contributed by atoms with Crippen LogP contribution in [0.25, 0.3) is 22.4 Å². The van der Waals surface area contributed by atoms with Gasteiger partial charge in [-0.05, 0) is 42.1 Å². The Morgan fingerprint density at radius 2 is 2.24 bits per heavy atom. The van der Waals surface area contributed by atoms with Gasteiger partial charge >= 0.3 is 0 Å². The number of hydrogen-bond acceptors (Lipinski definition) is 8. The van der Waals surface area contributed by atoms with E-state index in [2.05, 4.69) is 21.5 Å². The number of carbonyl (C=O) groups is 1. The van der Waals surface area contributed by atoms with E-state index in [1.165, 1.54) is 18.4 Å². The number of methoxy groups -OCH3 is 1. The Balaban J connectivity index is 1.81. The molecule has 29 heavy (non-hydrogen) atoms. The van der Waals surface area contributed by atoms with Crippen LogP contribution in [-0.2, 0) is 4.79 Å². The van der Waals surface area contributed by atoms with Crippen LogP contribution in [0.15, 0.2) is 40.2 Å². The van der Waals surface area contributed by atoms with Crippen molar-refractivity contribution in [2.45, 2.75) is 6.92 Å². The minimum absolute atomic E-state index is 0.115. The summed E-state index contributed by atoms with van der Waals surface area (Å²) in [6.07, 6.45) is 1.61. The van der Waals surface area contributed by atoms with E-state index in [0.717, 1.165) is 4.88 Å². The monoisotopic (exact) mass is 410 g/mol. The number of carbonyl (C=O) groups excluding carboxylic acids is 1. The standard InChI is InChI=1S/C20H18N4O4S/c1-3-22-18(25)12-27-15-7-6-13(10-16(15)26-2)9-14(11-21)20-23-19(24-28-20)17-5-4-8-29-17/h4-10H,3,12H2,1-2H3,(H,22,25)/b14-9+. The van der Waals surface area contributed by atoms with Crippen LogP contribution in [0.3, 0.4) is 0 Å². The SMILES string of the molecule is CCNC(=O)COc1ccc(/C=C(\C#N)c2nc(-c3cccs3)no2)cc1OC. The van der Waals surface area contributed by atoms with Gasteiger partial charge in [-0.2, -0.15) is 10.2 Å². The van der Waals surface area contributed by atoms with Crippen LogP contribution >= 0.6 is 11.3 Å². The van der Waals surface area contributed by atoms with E-state index in [-0.39, 0.29) is 24.0 Å². The number of amides is 1. The van der Waals surface area contributed by atoms with Crippen molar-refractivity contribution in [3.63, 3.8) is 0 Å². The van der Waals surface area contributed by atoms with Gasteiger partial charge in [0.25, 0.3) is 11.8 Å². The first-order chi connectivity index (χ1) is 14.1. The van der Waals surface area contributed by atoms with E-state index in [4.69, 9.17) is 14.0 Å². The predicted octanol–water partition coefficient (Wildman–Crippen LogP) is 3.39. The number of nitriles is 1. The lowest BCUT2D eigenvalue weighted by Gasteiger charge is -2.11. The minimum Gasteiger partial charge on any atom is -0.493 e. The fourth-order valence-electron chi connectivity index (χ4n) is 2.43. The van der Waals surface area contributed by atoms with Gasteiger partial charge in [0.1, 0.15) is 11.6 Å². The van der Waals surface area contributed by atoms with Crippen molar-refractivity contribution >= 4 is 28.9 Å². The Kier molecular flexibility index (Phi) is 6.60. The number of ether oxygens (including phenoxy) is 2. The van der Waals surface area contributed by atoms with E-state index in [1.807, 2.05) is 24.4 Å². The normalized spacial score (nSPS) is 11.0. The third-order valence-electron chi connectivity index (χ3n) is 3.75. The topological polar surface area (TPSA) is 110 Å². The second-order valence-electron chi connectivity index (χ2n) is 5.72. The summed E-state index contributed by atoms with van der Waals surface area (Å²) in [7, 11) is 1.50. The number of aromatic nitrogens is 2. The van der Waals surface area contributed by atoms with Gasteiger partial charge in [0.15, 0.2) is 18.1 Å². The molecule has 0 bridgehead atoms. The molecule has 148 valence electrons. The average molecular weight is 410 g/mol. The zero-order valence-corrected chi connectivity index (χ0v) is 16.7. The number of nitrogens with one attached hydrogen (secondary N) is 1. The summed E-state index contributed by atoms with van der Waals surface area (Å²) >= 11 is 1.48. The zero-order valence-electron chi connectivity index (χ0n) is 15.8. The van der Waals surface area contributed by atoms with Gasteiger partial charge < -0.3 is 19.3 Å². The highest BCUT2D eigenvalue weighted by Crippen LogP contribution is 2.30. The summed E-state index contributed by atoms with van der Waals surface area (Å²) < 4.78 is 16.1. The lowest BCUT2D eigenvalue weighted by Crippen LogP contribution is -2.28. The molecule has 0 fully saturated rings. The Labute approximate surface area is 171 Å². The van der Waals surface area contributed by atoms with Gasteiger partial charge in [-0.1, -0.05) is 17.3 Å². The maximum absolute atomic E-state index is 11.6. The second kappa shape index (κ2) is 9.52. The molecule has 2 heterocycles. The smallest absolute Gasteiger partial charge is 0.268 e. The van der Waals surface area contributed by atoms with Crippen LogP contribution in [0.1, 0.15) is 18.4 Å². The fourth-order valence-corrected chi connectivity index (χ4v) is 3.08. The molecule has 0 unspecified atom stereocenters. The lowest BCUT2D eigenvalue weighted by atomic mass is 10.1. The molecule has 1 amide bonds. The van der Waals surface area contributed by atoms with E-state index in [0.29, 0.717) is 29.4 Å². The lowest BCUT2D eigenvalue weighted by molar-refractivity contribution is -0.123. The number of likely N-dealkylation sites (N-methyl/N-ethyl adjacent to an activating group) is 1. The Bertz CT molecular complexity index is 1050. The highest BCUT2D eigenvalue weighted by atomic mass is 32.1. The average Bonchev–Trinajstić information content (AvgIpc) is 3.42. The van der Waals surface area contributed by atoms with E-state index < -0.39 is 0 Å². The highest BCUT2D eigenvalue weighted by molar-refractivity contribution is 7.13. The molecule has 0 aliphatic rings. The summed E-state index contributed by atoms with van der Waals surface area (Å²) in [6.45, 7) is 2.25. The van der Waals surface area contributed by atoms with Crippen LogP contribution in [0.4, 0.5) is 0 Å². The Morgan fingerprint density at radius 3 is 2.93 bits per heavy atom. The molecular formula is C20H18N4O4S. The molecule has 8 nitrogen and oxygen atoms in total. The van der Waals surface area contributed by atoms with Crippen molar-refractivity contribution in [1.29, 1.82) is 5.26 Å². The van der Waals surface area contributed by atoms with Gasteiger partial charge in [0, 0.05) is 6.54 Å². The minimum atomic E-state index is -0.219. The number of thiophene rings is 1. The van der Waals surface area contributed by atoms with Crippen LogP contribution in [0, 0.1) is 11.3 Å². The highest BCUT2D eigenvalue weighted by Gasteiger charge is 2.14. The number of rotatable bonds is 8. The van der Waals surface area contributed by atoms with Gasteiger partial charge in [-0.15, -0.1) is 11.3 Å². The molecule has 3 rings (SSSR count). The molecule has 9 heteroatoms. The first-order valence-electron chi connectivity index (χ1n) is 8.72. The number of hydrogen-bond donors (Lipinski definition) is 1. The molecular weight excluding hydrogens is 392 g/mol. The van der Waals surface area contributed by atoms with Crippen molar-refractivity contribution in [2.24, 2.45) is 0 Å². The maximum atomic E-state index is 11.6. The molecule has 0 spiro atoms. The van der Waals surface area contributed by atoms with Crippen molar-refractivity contribution in [1.82, 2.24) is 15.5 Å². The number of allylic oxidation sites excluding steroid dienone is 1. The molecule has 0 aliphatic heterocycles. The van der Waals surface area contributed by atoms with Gasteiger partial charge in [-0.25, -0.2) is 0 Å². The van der Waals surface area contributed by atoms with Crippen molar-refractivity contribution in [3.05, 3.63) is 47.2 Å². The first kappa shape index (κ1) is 20.1. The van der Waals surface area contributed by atoms with Crippen LogP contribution < -0.4 is 14.8 Å². The van der Waals surface area contributed by atoms with Gasteiger partial charge in [-0.3, -0.25) is 4.79 Å². The van der Waals surface area contributed by atoms with Crippen LogP contribution in [0.2, 0.25) is 0 Å². The molecule has 0 atom stereocenters. The zero-order chi connectivity index (χ0) is 20.6. The molecule has 1 N–H and O–H groups in total. The molecule has 0 saturated heterocycles. The third kappa shape index (κ3) is 5.00.